The van der Waals surface area contributed by atoms with Crippen LogP contribution < -0.4 is 9.47 Å². The first-order valence-corrected chi connectivity index (χ1v) is 10.5. The predicted molar refractivity (Wildman–Crippen MR) is 128 cm³/mol. The molecule has 0 unspecified atom stereocenters. The van der Waals surface area contributed by atoms with Crippen LogP contribution in [-0.4, -0.2) is 18.9 Å². The number of ketones is 1. The van der Waals surface area contributed by atoms with E-state index >= 15 is 0 Å². The third-order valence-corrected chi connectivity index (χ3v) is 5.14. The number of esters is 1. The molecule has 0 aliphatic rings. The Morgan fingerprint density at radius 1 is 0.812 bits per heavy atom. The number of hydrogen-bond acceptors (Lipinski definition) is 4. The molecule has 0 aliphatic carbocycles. The summed E-state index contributed by atoms with van der Waals surface area (Å²) in [7, 11) is 1.51. The zero-order valence-electron chi connectivity index (χ0n) is 19.1. The van der Waals surface area contributed by atoms with E-state index < -0.39 is 5.97 Å². The quantitative estimate of drug-likeness (QED) is 0.197. The molecule has 0 bridgehead atoms. The highest BCUT2D eigenvalue weighted by molar-refractivity contribution is 6.06. The van der Waals surface area contributed by atoms with Crippen molar-refractivity contribution in [3.63, 3.8) is 0 Å². The highest BCUT2D eigenvalue weighted by Crippen LogP contribution is 2.30. The Labute approximate surface area is 189 Å². The van der Waals surface area contributed by atoms with Crippen LogP contribution in [0.15, 0.2) is 72.8 Å². The molecule has 0 aliphatic heterocycles. The molecular weight excluding hydrogens is 400 g/mol. The summed E-state index contributed by atoms with van der Waals surface area (Å²) in [6.07, 6.45) is 3.23. The van der Waals surface area contributed by atoms with E-state index in [9.17, 15) is 9.59 Å². The minimum Gasteiger partial charge on any atom is -0.493 e. The fourth-order valence-electron chi connectivity index (χ4n) is 3.12. The molecule has 0 amide bonds. The summed E-state index contributed by atoms with van der Waals surface area (Å²) in [5.41, 5.74) is 4.11. The van der Waals surface area contributed by atoms with Crippen LogP contribution in [0.4, 0.5) is 0 Å². The van der Waals surface area contributed by atoms with Gasteiger partial charge in [-0.05, 0) is 53.8 Å². The maximum Gasteiger partial charge on any atom is 0.343 e. The molecule has 164 valence electrons. The van der Waals surface area contributed by atoms with Crippen molar-refractivity contribution >= 4 is 17.8 Å². The monoisotopic (exact) mass is 428 g/mol. The van der Waals surface area contributed by atoms with Crippen LogP contribution in [-0.2, 0) is 5.41 Å². The molecule has 4 nitrogen and oxygen atoms in total. The molecule has 0 saturated heterocycles. The van der Waals surface area contributed by atoms with E-state index in [1.54, 1.807) is 48.5 Å². The van der Waals surface area contributed by atoms with Crippen molar-refractivity contribution in [3.8, 4) is 11.5 Å². The maximum atomic E-state index is 12.6. The molecule has 0 spiro atoms. The van der Waals surface area contributed by atoms with Gasteiger partial charge in [0, 0.05) is 5.56 Å². The Bertz CT molecular complexity index is 1130. The molecule has 4 heteroatoms. The average molecular weight is 429 g/mol. The summed E-state index contributed by atoms with van der Waals surface area (Å²) < 4.78 is 10.9. The van der Waals surface area contributed by atoms with E-state index in [-0.39, 0.29) is 11.2 Å². The van der Waals surface area contributed by atoms with E-state index in [2.05, 4.69) is 20.8 Å². The average Bonchev–Trinajstić information content (AvgIpc) is 2.78. The van der Waals surface area contributed by atoms with Crippen LogP contribution in [0, 0.1) is 6.92 Å². The van der Waals surface area contributed by atoms with Crippen LogP contribution in [0.5, 0.6) is 11.5 Å². The summed E-state index contributed by atoms with van der Waals surface area (Å²) >= 11 is 0. The number of allylic oxidation sites excluding steroid dienone is 1. The van der Waals surface area contributed by atoms with Gasteiger partial charge in [0.2, 0.25) is 0 Å². The molecule has 3 aromatic rings. The number of ether oxygens (including phenoxy) is 2. The van der Waals surface area contributed by atoms with Gasteiger partial charge >= 0.3 is 5.97 Å². The first-order valence-electron chi connectivity index (χ1n) is 10.5. The van der Waals surface area contributed by atoms with E-state index in [1.807, 2.05) is 31.2 Å². The number of rotatable bonds is 6. The Balaban J connectivity index is 1.73. The van der Waals surface area contributed by atoms with Gasteiger partial charge in [-0.2, -0.15) is 0 Å². The molecule has 0 fully saturated rings. The first kappa shape index (κ1) is 23.0. The zero-order chi connectivity index (χ0) is 23.3. The van der Waals surface area contributed by atoms with Crippen molar-refractivity contribution in [2.24, 2.45) is 0 Å². The van der Waals surface area contributed by atoms with Gasteiger partial charge < -0.3 is 9.47 Å². The van der Waals surface area contributed by atoms with E-state index in [4.69, 9.17) is 9.47 Å². The number of aryl methyl sites for hydroxylation is 1. The van der Waals surface area contributed by atoms with Crippen LogP contribution >= 0.6 is 0 Å². The molecule has 32 heavy (non-hydrogen) atoms. The fraction of sp³-hybridized carbons (Fsp3) is 0.214. The molecule has 0 N–H and O–H groups in total. The van der Waals surface area contributed by atoms with E-state index in [1.165, 1.54) is 13.2 Å². The zero-order valence-corrected chi connectivity index (χ0v) is 19.1. The summed E-state index contributed by atoms with van der Waals surface area (Å²) in [6, 6.07) is 20.0. The summed E-state index contributed by atoms with van der Waals surface area (Å²) in [5.74, 6) is 0.189. The SMILES string of the molecule is COc1cc(/C=C/C(=O)c2ccc(C)cc2)ccc1OC(=O)c1ccc(C(C)(C)C)cc1. The second-order valence-corrected chi connectivity index (χ2v) is 8.69. The van der Waals surface area contributed by atoms with Crippen LogP contribution in [0.1, 0.15) is 58.2 Å². The molecule has 3 rings (SSSR count). The lowest BCUT2D eigenvalue weighted by molar-refractivity contribution is 0.0729. The lowest BCUT2D eigenvalue weighted by Gasteiger charge is -2.19. The van der Waals surface area contributed by atoms with E-state index in [0.29, 0.717) is 22.6 Å². The molecule has 0 heterocycles. The number of carbonyl (C=O) groups excluding carboxylic acids is 2. The van der Waals surface area contributed by atoms with Crippen LogP contribution in [0.2, 0.25) is 0 Å². The Hall–Kier alpha value is -3.66. The van der Waals surface area contributed by atoms with Gasteiger partial charge in [0.05, 0.1) is 12.7 Å². The molecule has 0 aromatic heterocycles. The second-order valence-electron chi connectivity index (χ2n) is 8.69. The van der Waals surface area contributed by atoms with Crippen LogP contribution in [0.25, 0.3) is 6.08 Å². The second kappa shape index (κ2) is 9.65. The number of methoxy groups -OCH3 is 1. The van der Waals surface area contributed by atoms with Crippen molar-refractivity contribution in [1.29, 1.82) is 0 Å². The van der Waals surface area contributed by atoms with Gasteiger partial charge in [0.25, 0.3) is 0 Å². The number of hydrogen-bond donors (Lipinski definition) is 0. The topological polar surface area (TPSA) is 52.6 Å². The fourth-order valence-corrected chi connectivity index (χ4v) is 3.12. The smallest absolute Gasteiger partial charge is 0.343 e. The Morgan fingerprint density at radius 2 is 1.44 bits per heavy atom. The molecular formula is C28H28O4. The van der Waals surface area contributed by atoms with Gasteiger partial charge in [0.15, 0.2) is 17.3 Å². The van der Waals surface area contributed by atoms with Crippen molar-refractivity contribution in [1.82, 2.24) is 0 Å². The minimum atomic E-state index is -0.457. The Morgan fingerprint density at radius 3 is 2.03 bits per heavy atom. The molecule has 0 radical (unpaired) electrons. The predicted octanol–water partition coefficient (Wildman–Crippen LogP) is 6.42. The van der Waals surface area contributed by atoms with Crippen molar-refractivity contribution < 1.29 is 19.1 Å². The summed E-state index contributed by atoms with van der Waals surface area (Å²) in [6.45, 7) is 8.34. The number of carbonyl (C=O) groups is 2. The van der Waals surface area contributed by atoms with Crippen molar-refractivity contribution in [2.75, 3.05) is 7.11 Å². The van der Waals surface area contributed by atoms with Gasteiger partial charge in [-0.3, -0.25) is 4.79 Å². The van der Waals surface area contributed by atoms with Gasteiger partial charge in [0.1, 0.15) is 0 Å². The third-order valence-electron chi connectivity index (χ3n) is 5.14. The van der Waals surface area contributed by atoms with Crippen LogP contribution in [0.3, 0.4) is 0 Å². The largest absolute Gasteiger partial charge is 0.493 e. The van der Waals surface area contributed by atoms with Gasteiger partial charge in [-0.25, -0.2) is 4.79 Å². The standard InChI is InChI=1S/C28H28O4/c1-19-6-10-21(11-7-19)24(29)16-8-20-9-17-25(26(18-20)31-5)32-27(30)22-12-14-23(15-13-22)28(2,3)4/h6-18H,1-5H3/b16-8+. The Kier molecular flexibility index (Phi) is 6.94. The van der Waals surface area contributed by atoms with Gasteiger partial charge in [-0.15, -0.1) is 0 Å². The molecule has 3 aromatic carbocycles. The summed E-state index contributed by atoms with van der Waals surface area (Å²) in [5, 5.41) is 0. The number of benzene rings is 3. The molecule has 0 atom stereocenters. The third kappa shape index (κ3) is 5.73. The lowest BCUT2D eigenvalue weighted by atomic mass is 9.87. The first-order chi connectivity index (χ1) is 15.2. The minimum absolute atomic E-state index is 0.00976. The molecule has 0 saturated carbocycles. The van der Waals surface area contributed by atoms with Gasteiger partial charge in [-0.1, -0.05) is 74.9 Å². The summed E-state index contributed by atoms with van der Waals surface area (Å²) in [4.78, 5) is 24.9. The maximum absolute atomic E-state index is 12.6. The van der Waals surface area contributed by atoms with E-state index in [0.717, 1.165) is 16.7 Å². The lowest BCUT2D eigenvalue weighted by Crippen LogP contribution is -2.13. The van der Waals surface area contributed by atoms with Crippen molar-refractivity contribution in [2.45, 2.75) is 33.1 Å². The highest BCUT2D eigenvalue weighted by Gasteiger charge is 2.16. The highest BCUT2D eigenvalue weighted by atomic mass is 16.6. The normalized spacial score (nSPS) is 11.4. The van der Waals surface area contributed by atoms with Crippen molar-refractivity contribution in [3.05, 3.63) is 101 Å².